The van der Waals surface area contributed by atoms with Gasteiger partial charge in [-0.2, -0.15) is 0 Å². The van der Waals surface area contributed by atoms with E-state index in [9.17, 15) is 9.59 Å². The Labute approximate surface area is 92.2 Å². The van der Waals surface area contributed by atoms with Crippen LogP contribution in [0.3, 0.4) is 0 Å². The smallest absolute Gasteiger partial charge is 0.308 e. The molecule has 15 heavy (non-hydrogen) atoms. The van der Waals surface area contributed by atoms with E-state index in [-0.39, 0.29) is 29.0 Å². The summed E-state index contributed by atoms with van der Waals surface area (Å²) in [6.45, 7) is 9.39. The van der Waals surface area contributed by atoms with E-state index in [0.29, 0.717) is 6.42 Å². The Morgan fingerprint density at radius 2 is 1.67 bits per heavy atom. The van der Waals surface area contributed by atoms with Crippen LogP contribution in [0.5, 0.6) is 0 Å². The van der Waals surface area contributed by atoms with Crippen molar-refractivity contribution < 1.29 is 14.3 Å². The van der Waals surface area contributed by atoms with Gasteiger partial charge in [-0.25, -0.2) is 0 Å². The first kappa shape index (κ1) is 14.1. The van der Waals surface area contributed by atoms with Crippen LogP contribution >= 0.6 is 0 Å². The second kappa shape index (κ2) is 5.29. The van der Waals surface area contributed by atoms with E-state index in [0.717, 1.165) is 0 Å². The van der Waals surface area contributed by atoms with Crippen molar-refractivity contribution in [3.8, 4) is 0 Å². The number of hydrogen-bond donors (Lipinski definition) is 0. The van der Waals surface area contributed by atoms with Gasteiger partial charge in [0.05, 0.1) is 13.0 Å². The van der Waals surface area contributed by atoms with Gasteiger partial charge in [0, 0.05) is 11.8 Å². The molecule has 88 valence electrons. The molecule has 0 heterocycles. The summed E-state index contributed by atoms with van der Waals surface area (Å²) in [6.07, 6.45) is 0.430. The molecule has 0 saturated carbocycles. The minimum Gasteiger partial charge on any atom is -0.469 e. The molecule has 0 N–H and O–H groups in total. The number of hydrogen-bond acceptors (Lipinski definition) is 3. The fraction of sp³-hybridized carbons (Fsp3) is 0.833. The zero-order valence-electron chi connectivity index (χ0n) is 10.6. The first-order chi connectivity index (χ1) is 6.70. The third-order valence-corrected chi connectivity index (χ3v) is 2.77. The molecule has 0 unspecified atom stereocenters. The van der Waals surface area contributed by atoms with E-state index >= 15 is 0 Å². The summed E-state index contributed by atoms with van der Waals surface area (Å²) in [5.74, 6) is -0.250. The van der Waals surface area contributed by atoms with Crippen LogP contribution in [0.2, 0.25) is 0 Å². The van der Waals surface area contributed by atoms with Crippen molar-refractivity contribution in [3.63, 3.8) is 0 Å². The van der Waals surface area contributed by atoms with Gasteiger partial charge in [0.1, 0.15) is 5.78 Å². The lowest BCUT2D eigenvalue weighted by Gasteiger charge is -2.22. The minimum atomic E-state index is -0.329. The lowest BCUT2D eigenvalue weighted by atomic mass is 9.82. The van der Waals surface area contributed by atoms with Gasteiger partial charge in [0.15, 0.2) is 0 Å². The highest BCUT2D eigenvalue weighted by Crippen LogP contribution is 2.24. The van der Waals surface area contributed by atoms with Gasteiger partial charge in [-0.05, 0) is 5.92 Å². The Balaban J connectivity index is 4.31. The lowest BCUT2D eigenvalue weighted by molar-refractivity contribution is -0.146. The molecule has 0 spiro atoms. The molecule has 3 heteroatoms. The third kappa shape index (κ3) is 4.45. The molecule has 0 amide bonds. The second-order valence-electron chi connectivity index (χ2n) is 5.17. The monoisotopic (exact) mass is 214 g/mol. The molecule has 0 aromatic heterocycles. The van der Waals surface area contributed by atoms with E-state index in [1.54, 1.807) is 6.92 Å². The van der Waals surface area contributed by atoms with Gasteiger partial charge in [-0.1, -0.05) is 34.6 Å². The molecule has 0 aliphatic carbocycles. The molecule has 2 atom stereocenters. The third-order valence-electron chi connectivity index (χ3n) is 2.77. The molecule has 0 rings (SSSR count). The van der Waals surface area contributed by atoms with E-state index in [4.69, 9.17) is 0 Å². The van der Waals surface area contributed by atoms with Gasteiger partial charge < -0.3 is 4.74 Å². The highest BCUT2D eigenvalue weighted by atomic mass is 16.5. The zero-order chi connectivity index (χ0) is 12.2. The number of Topliss-reactive ketones (excluding diaryl/α,β-unsaturated/α-hetero) is 1. The van der Waals surface area contributed by atoms with Crippen LogP contribution in [0.1, 0.15) is 41.0 Å². The number of methoxy groups -OCH3 is 1. The highest BCUT2D eigenvalue weighted by Gasteiger charge is 2.28. The first-order valence-corrected chi connectivity index (χ1v) is 5.31. The maximum absolute atomic E-state index is 11.7. The molecule has 0 aliphatic heterocycles. The van der Waals surface area contributed by atoms with E-state index in [1.807, 2.05) is 27.7 Å². The molecular formula is C12H22O3. The summed E-state index contributed by atoms with van der Waals surface area (Å²) in [6, 6.07) is 0. The van der Waals surface area contributed by atoms with Crippen LogP contribution in [-0.2, 0) is 14.3 Å². The average Bonchev–Trinajstić information content (AvgIpc) is 2.13. The summed E-state index contributed by atoms with van der Waals surface area (Å²) in [4.78, 5) is 23.0. The van der Waals surface area contributed by atoms with Gasteiger partial charge in [-0.15, -0.1) is 0 Å². The molecule has 0 bridgehead atoms. The number of ether oxygens (including phenoxy) is 1. The topological polar surface area (TPSA) is 43.4 Å². The maximum atomic E-state index is 11.7. The average molecular weight is 214 g/mol. The molecular weight excluding hydrogens is 192 g/mol. The van der Waals surface area contributed by atoms with Gasteiger partial charge in [0.25, 0.3) is 0 Å². The predicted molar refractivity (Wildman–Crippen MR) is 59.4 cm³/mol. The fourth-order valence-electron chi connectivity index (χ4n) is 1.19. The van der Waals surface area contributed by atoms with Crippen molar-refractivity contribution in [2.24, 2.45) is 17.3 Å². The summed E-state index contributed by atoms with van der Waals surface area (Å²) in [7, 11) is 1.37. The standard InChI is InChI=1S/C12H22O3/c1-8(9(2)11(14)15-6)7-10(13)12(3,4)5/h8-9H,7H2,1-6H3/t8-,9-/m1/s1. The Kier molecular flexibility index (Phi) is 4.98. The summed E-state index contributed by atoms with van der Waals surface area (Å²) in [5.41, 5.74) is -0.329. The van der Waals surface area contributed by atoms with Crippen LogP contribution in [0.25, 0.3) is 0 Å². The number of ketones is 1. The van der Waals surface area contributed by atoms with Crippen molar-refractivity contribution in [2.45, 2.75) is 41.0 Å². The van der Waals surface area contributed by atoms with Crippen LogP contribution in [0.15, 0.2) is 0 Å². The lowest BCUT2D eigenvalue weighted by Crippen LogP contribution is -2.27. The normalized spacial score (nSPS) is 15.6. The Bertz CT molecular complexity index is 238. The summed E-state index contributed by atoms with van der Waals surface area (Å²) in [5, 5.41) is 0. The van der Waals surface area contributed by atoms with E-state index in [1.165, 1.54) is 7.11 Å². The first-order valence-electron chi connectivity index (χ1n) is 5.31. The van der Waals surface area contributed by atoms with Crippen LogP contribution < -0.4 is 0 Å². The van der Waals surface area contributed by atoms with Crippen molar-refractivity contribution >= 4 is 11.8 Å². The Hall–Kier alpha value is -0.860. The fourth-order valence-corrected chi connectivity index (χ4v) is 1.19. The largest absolute Gasteiger partial charge is 0.469 e. The van der Waals surface area contributed by atoms with Crippen molar-refractivity contribution in [1.82, 2.24) is 0 Å². The number of carbonyl (C=O) groups is 2. The molecule has 0 radical (unpaired) electrons. The van der Waals surface area contributed by atoms with Crippen molar-refractivity contribution in [3.05, 3.63) is 0 Å². The second-order valence-corrected chi connectivity index (χ2v) is 5.17. The molecule has 0 aromatic rings. The molecule has 0 saturated heterocycles. The van der Waals surface area contributed by atoms with Crippen LogP contribution in [-0.4, -0.2) is 18.9 Å². The van der Waals surface area contributed by atoms with Gasteiger partial charge >= 0.3 is 5.97 Å². The quantitative estimate of drug-likeness (QED) is 0.675. The van der Waals surface area contributed by atoms with E-state index < -0.39 is 0 Å². The maximum Gasteiger partial charge on any atom is 0.308 e. The SMILES string of the molecule is COC(=O)[C@H](C)[C@H](C)CC(=O)C(C)(C)C. The molecule has 0 aromatic carbocycles. The minimum absolute atomic E-state index is 0.0316. The van der Waals surface area contributed by atoms with Gasteiger partial charge in [0.2, 0.25) is 0 Å². The van der Waals surface area contributed by atoms with E-state index in [2.05, 4.69) is 4.74 Å². The summed E-state index contributed by atoms with van der Waals surface area (Å²) >= 11 is 0. The molecule has 3 nitrogen and oxygen atoms in total. The number of carbonyl (C=O) groups excluding carboxylic acids is 2. The number of rotatable bonds is 4. The predicted octanol–water partition coefficient (Wildman–Crippen LogP) is 2.44. The highest BCUT2D eigenvalue weighted by molar-refractivity contribution is 5.84. The number of esters is 1. The van der Waals surface area contributed by atoms with Crippen LogP contribution in [0, 0.1) is 17.3 Å². The van der Waals surface area contributed by atoms with Crippen LogP contribution in [0.4, 0.5) is 0 Å². The zero-order valence-corrected chi connectivity index (χ0v) is 10.6. The molecule has 0 fully saturated rings. The molecule has 0 aliphatic rings. The van der Waals surface area contributed by atoms with Gasteiger partial charge in [-0.3, -0.25) is 9.59 Å². The Morgan fingerprint density at radius 1 is 1.20 bits per heavy atom. The Morgan fingerprint density at radius 3 is 2.00 bits per heavy atom. The summed E-state index contributed by atoms with van der Waals surface area (Å²) < 4.78 is 4.65. The van der Waals surface area contributed by atoms with Crippen molar-refractivity contribution in [2.75, 3.05) is 7.11 Å². The van der Waals surface area contributed by atoms with Crippen molar-refractivity contribution in [1.29, 1.82) is 0 Å².